The average molecular weight is 453 g/mol. The molecule has 0 unspecified atom stereocenters. The molecule has 0 spiro atoms. The fraction of sp³-hybridized carbons (Fsp3) is 0.400. The summed E-state index contributed by atoms with van der Waals surface area (Å²) < 4.78 is 12.0. The van der Waals surface area contributed by atoms with Gasteiger partial charge in [0.05, 0.1) is 31.3 Å². The average Bonchev–Trinajstić information content (AvgIpc) is 3.12. The van der Waals surface area contributed by atoms with Crippen molar-refractivity contribution in [1.82, 2.24) is 9.55 Å². The fourth-order valence-electron chi connectivity index (χ4n) is 3.58. The van der Waals surface area contributed by atoms with Crippen LogP contribution in [0.25, 0.3) is 11.0 Å². The predicted octanol–water partition coefficient (Wildman–Crippen LogP) is 4.11. The minimum absolute atomic E-state index is 0.185. The molecule has 0 aliphatic carbocycles. The number of fused-ring (bicyclic) bond motifs is 1. The summed E-state index contributed by atoms with van der Waals surface area (Å²) in [6.07, 6.45) is 2.62. The molecule has 1 amide bonds. The number of esters is 1. The summed E-state index contributed by atoms with van der Waals surface area (Å²) in [5.74, 6) is -0.274. The van der Waals surface area contributed by atoms with Gasteiger partial charge in [0.1, 0.15) is 5.65 Å². The lowest BCUT2D eigenvalue weighted by Crippen LogP contribution is -2.18. The zero-order chi connectivity index (χ0) is 23.8. The van der Waals surface area contributed by atoms with Crippen LogP contribution in [0.5, 0.6) is 0 Å². The van der Waals surface area contributed by atoms with Crippen LogP contribution < -0.4 is 10.6 Å². The molecule has 176 valence electrons. The largest absolute Gasteiger partial charge is 0.464 e. The molecule has 0 aliphatic heterocycles. The normalized spacial score (nSPS) is 11.1. The van der Waals surface area contributed by atoms with Crippen LogP contribution >= 0.6 is 0 Å². The van der Waals surface area contributed by atoms with Gasteiger partial charge in [0, 0.05) is 32.0 Å². The summed E-state index contributed by atoms with van der Waals surface area (Å²) in [5.41, 5.74) is 3.14. The highest BCUT2D eigenvalue weighted by Gasteiger charge is 2.26. The van der Waals surface area contributed by atoms with E-state index < -0.39 is 5.97 Å². The van der Waals surface area contributed by atoms with E-state index in [1.165, 1.54) is 7.11 Å². The summed E-state index contributed by atoms with van der Waals surface area (Å²) in [6.45, 7) is 5.79. The van der Waals surface area contributed by atoms with Gasteiger partial charge in [-0.2, -0.15) is 0 Å². The number of amides is 1. The van der Waals surface area contributed by atoms with Gasteiger partial charge < -0.3 is 24.7 Å². The van der Waals surface area contributed by atoms with Crippen LogP contribution in [-0.2, 0) is 27.2 Å². The Labute approximate surface area is 194 Å². The molecule has 3 rings (SSSR count). The first-order valence-electron chi connectivity index (χ1n) is 11.1. The van der Waals surface area contributed by atoms with E-state index in [0.29, 0.717) is 42.2 Å². The molecule has 8 heteroatoms. The third kappa shape index (κ3) is 6.10. The predicted molar refractivity (Wildman–Crippen MR) is 130 cm³/mol. The Balaban J connectivity index is 1.99. The number of nitrogens with zero attached hydrogens (tertiary/aromatic N) is 2. The number of benzene rings is 1. The molecule has 0 saturated carbocycles. The van der Waals surface area contributed by atoms with Gasteiger partial charge in [0.15, 0.2) is 5.69 Å². The van der Waals surface area contributed by atoms with Crippen molar-refractivity contribution in [3.63, 3.8) is 0 Å². The van der Waals surface area contributed by atoms with Gasteiger partial charge in [0.2, 0.25) is 5.91 Å². The summed E-state index contributed by atoms with van der Waals surface area (Å²) in [7, 11) is 2.92. The number of nitrogens with one attached hydrogen (secondary N) is 2. The van der Waals surface area contributed by atoms with Crippen LogP contribution in [0.3, 0.4) is 0 Å². The molecule has 0 fully saturated rings. The fourth-order valence-corrected chi connectivity index (χ4v) is 3.58. The Hall–Kier alpha value is -3.39. The summed E-state index contributed by atoms with van der Waals surface area (Å²) in [6, 6.07) is 11.7. The van der Waals surface area contributed by atoms with Gasteiger partial charge >= 0.3 is 5.97 Å². The first kappa shape index (κ1) is 24.3. The molecular weight excluding hydrogens is 420 g/mol. The number of rotatable bonds is 11. The van der Waals surface area contributed by atoms with Crippen LogP contribution in [0.2, 0.25) is 0 Å². The van der Waals surface area contributed by atoms with Crippen molar-refractivity contribution < 1.29 is 19.1 Å². The van der Waals surface area contributed by atoms with E-state index in [1.807, 2.05) is 36.4 Å². The second kappa shape index (κ2) is 11.5. The molecule has 3 aromatic rings. The van der Waals surface area contributed by atoms with Crippen molar-refractivity contribution in [2.24, 2.45) is 5.92 Å². The van der Waals surface area contributed by atoms with E-state index in [-0.39, 0.29) is 18.0 Å². The van der Waals surface area contributed by atoms with E-state index in [4.69, 9.17) is 9.47 Å². The highest BCUT2D eigenvalue weighted by molar-refractivity contribution is 6.11. The van der Waals surface area contributed by atoms with E-state index >= 15 is 0 Å². The SMILES string of the molecule is COCCn1c(C(=O)OC)c(NC(=O)CCc2ccccc2)c2cc(NCC(C)C)cnc21. The Morgan fingerprint density at radius 1 is 1.15 bits per heavy atom. The summed E-state index contributed by atoms with van der Waals surface area (Å²) in [4.78, 5) is 30.2. The van der Waals surface area contributed by atoms with Gasteiger partial charge in [-0.05, 0) is 24.0 Å². The zero-order valence-corrected chi connectivity index (χ0v) is 19.7. The van der Waals surface area contributed by atoms with Gasteiger partial charge in [-0.15, -0.1) is 0 Å². The number of ether oxygens (including phenoxy) is 2. The molecule has 2 N–H and O–H groups in total. The maximum absolute atomic E-state index is 12.9. The standard InChI is InChI=1S/C25H32N4O4/c1-17(2)15-26-19-14-20-22(28-21(30)11-10-18-8-6-5-7-9-18)23(25(31)33-4)29(12-13-32-3)24(20)27-16-19/h5-9,14,16-17,26H,10-13,15H2,1-4H3,(H,28,30). The highest BCUT2D eigenvalue weighted by atomic mass is 16.5. The molecule has 2 aromatic heterocycles. The van der Waals surface area contributed by atoms with Crippen molar-refractivity contribution in [2.45, 2.75) is 33.2 Å². The molecule has 8 nitrogen and oxygen atoms in total. The third-order valence-electron chi connectivity index (χ3n) is 5.26. The Bertz CT molecular complexity index is 1090. The second-order valence-electron chi connectivity index (χ2n) is 8.26. The molecule has 0 saturated heterocycles. The smallest absolute Gasteiger partial charge is 0.356 e. The Kier molecular flexibility index (Phi) is 8.43. The lowest BCUT2D eigenvalue weighted by Gasteiger charge is -2.10. The summed E-state index contributed by atoms with van der Waals surface area (Å²) in [5, 5.41) is 6.99. The van der Waals surface area contributed by atoms with E-state index in [0.717, 1.165) is 17.8 Å². The van der Waals surface area contributed by atoms with Crippen LogP contribution in [0.4, 0.5) is 11.4 Å². The van der Waals surface area contributed by atoms with Crippen molar-refractivity contribution in [1.29, 1.82) is 0 Å². The number of hydrogen-bond donors (Lipinski definition) is 2. The van der Waals surface area contributed by atoms with Crippen LogP contribution in [0.1, 0.15) is 36.3 Å². The molecule has 0 aliphatic rings. The minimum atomic E-state index is -0.542. The minimum Gasteiger partial charge on any atom is -0.464 e. The zero-order valence-electron chi connectivity index (χ0n) is 19.7. The number of carbonyl (C=O) groups excluding carboxylic acids is 2. The monoisotopic (exact) mass is 452 g/mol. The first-order valence-corrected chi connectivity index (χ1v) is 11.1. The molecule has 0 bridgehead atoms. The number of anilines is 2. The van der Waals surface area contributed by atoms with Gasteiger partial charge in [-0.1, -0.05) is 44.2 Å². The maximum Gasteiger partial charge on any atom is 0.356 e. The van der Waals surface area contributed by atoms with E-state index in [2.05, 4.69) is 29.5 Å². The molecule has 2 heterocycles. The van der Waals surface area contributed by atoms with E-state index in [1.54, 1.807) is 17.9 Å². The van der Waals surface area contributed by atoms with E-state index in [9.17, 15) is 9.59 Å². The third-order valence-corrected chi connectivity index (χ3v) is 5.26. The molecule has 33 heavy (non-hydrogen) atoms. The van der Waals surface area contributed by atoms with Crippen LogP contribution in [0, 0.1) is 5.92 Å². The topological polar surface area (TPSA) is 94.5 Å². The van der Waals surface area contributed by atoms with Crippen molar-refractivity contribution >= 4 is 34.3 Å². The van der Waals surface area contributed by atoms with Crippen molar-refractivity contribution in [2.75, 3.05) is 38.0 Å². The number of methoxy groups -OCH3 is 2. The Morgan fingerprint density at radius 2 is 1.91 bits per heavy atom. The van der Waals surface area contributed by atoms with Crippen LogP contribution in [-0.4, -0.2) is 48.8 Å². The van der Waals surface area contributed by atoms with Crippen molar-refractivity contribution in [3.05, 3.63) is 53.9 Å². The first-order chi connectivity index (χ1) is 15.9. The maximum atomic E-state index is 12.9. The number of hydrogen-bond acceptors (Lipinski definition) is 6. The molecule has 0 radical (unpaired) electrons. The Morgan fingerprint density at radius 3 is 2.58 bits per heavy atom. The van der Waals surface area contributed by atoms with Crippen molar-refractivity contribution in [3.8, 4) is 0 Å². The summed E-state index contributed by atoms with van der Waals surface area (Å²) >= 11 is 0. The molecule has 0 atom stereocenters. The number of aryl methyl sites for hydroxylation is 1. The van der Waals surface area contributed by atoms with Gasteiger partial charge in [0.25, 0.3) is 0 Å². The quantitative estimate of drug-likeness (QED) is 0.425. The highest BCUT2D eigenvalue weighted by Crippen LogP contribution is 2.33. The van der Waals surface area contributed by atoms with Gasteiger partial charge in [-0.3, -0.25) is 4.79 Å². The van der Waals surface area contributed by atoms with Gasteiger partial charge in [-0.25, -0.2) is 9.78 Å². The second-order valence-corrected chi connectivity index (χ2v) is 8.26. The number of pyridine rings is 1. The number of carbonyl (C=O) groups is 2. The van der Waals surface area contributed by atoms with Crippen LogP contribution in [0.15, 0.2) is 42.6 Å². The molecular formula is C25H32N4O4. The lowest BCUT2D eigenvalue weighted by molar-refractivity contribution is -0.116. The number of aromatic nitrogens is 2. The lowest BCUT2D eigenvalue weighted by atomic mass is 10.1. The molecule has 1 aromatic carbocycles.